The maximum atomic E-state index is 10.7. The summed E-state index contributed by atoms with van der Waals surface area (Å²) in [5.74, 6) is 1.61. The van der Waals surface area contributed by atoms with E-state index in [4.69, 9.17) is 9.84 Å². The summed E-state index contributed by atoms with van der Waals surface area (Å²) >= 11 is 2.00. The fourth-order valence-electron chi connectivity index (χ4n) is 2.81. The standard InChI is InChI=1S/C12H21NO3S/c1-13(9-11(14)15)10-2-5-16-12(8-10)3-6-17-7-4-12/h10H,2-9H2,1H3,(H,14,15). The van der Waals surface area contributed by atoms with Crippen molar-refractivity contribution in [1.29, 1.82) is 0 Å². The molecule has 0 radical (unpaired) electrons. The van der Waals surface area contributed by atoms with Gasteiger partial charge in [-0.05, 0) is 44.2 Å². The molecule has 1 spiro atoms. The van der Waals surface area contributed by atoms with Crippen molar-refractivity contribution in [2.24, 2.45) is 0 Å². The number of ether oxygens (including phenoxy) is 1. The lowest BCUT2D eigenvalue weighted by molar-refractivity contribution is -0.141. The molecule has 2 saturated heterocycles. The van der Waals surface area contributed by atoms with Gasteiger partial charge >= 0.3 is 5.97 Å². The molecule has 2 aliphatic heterocycles. The van der Waals surface area contributed by atoms with Crippen LogP contribution < -0.4 is 0 Å². The van der Waals surface area contributed by atoms with Crippen molar-refractivity contribution < 1.29 is 14.6 Å². The van der Waals surface area contributed by atoms with E-state index in [0.29, 0.717) is 6.04 Å². The third-order valence-electron chi connectivity index (χ3n) is 3.88. The molecule has 2 heterocycles. The molecule has 0 aromatic carbocycles. The third-order valence-corrected chi connectivity index (χ3v) is 4.86. The SMILES string of the molecule is CN(CC(=O)O)C1CCOC2(CCSCC2)C1. The molecule has 4 nitrogen and oxygen atoms in total. The number of carbonyl (C=O) groups is 1. The maximum absolute atomic E-state index is 10.7. The molecule has 2 rings (SSSR count). The first-order valence-electron chi connectivity index (χ1n) is 6.25. The van der Waals surface area contributed by atoms with Crippen molar-refractivity contribution in [2.75, 3.05) is 31.7 Å². The number of aliphatic carboxylic acids is 1. The van der Waals surface area contributed by atoms with Gasteiger partial charge in [0.1, 0.15) is 0 Å². The van der Waals surface area contributed by atoms with Gasteiger partial charge in [0.25, 0.3) is 0 Å². The summed E-state index contributed by atoms with van der Waals surface area (Å²) in [7, 11) is 1.91. The van der Waals surface area contributed by atoms with Gasteiger partial charge in [-0.25, -0.2) is 0 Å². The second-order valence-corrected chi connectivity index (χ2v) is 6.32. The van der Waals surface area contributed by atoms with Crippen molar-refractivity contribution in [2.45, 2.75) is 37.3 Å². The van der Waals surface area contributed by atoms with Crippen LogP contribution in [-0.4, -0.2) is 59.3 Å². The number of rotatable bonds is 3. The summed E-state index contributed by atoms with van der Waals surface area (Å²) in [5, 5.41) is 8.84. The Morgan fingerprint density at radius 1 is 1.53 bits per heavy atom. The number of thioether (sulfide) groups is 1. The summed E-state index contributed by atoms with van der Waals surface area (Å²) < 4.78 is 6.00. The van der Waals surface area contributed by atoms with Crippen LogP contribution in [-0.2, 0) is 9.53 Å². The van der Waals surface area contributed by atoms with Gasteiger partial charge in [0.2, 0.25) is 0 Å². The van der Waals surface area contributed by atoms with Gasteiger partial charge in [0, 0.05) is 12.6 Å². The minimum atomic E-state index is -0.743. The largest absolute Gasteiger partial charge is 0.480 e. The van der Waals surface area contributed by atoms with Crippen molar-refractivity contribution in [3.63, 3.8) is 0 Å². The molecule has 0 aromatic rings. The summed E-state index contributed by atoms with van der Waals surface area (Å²) in [6.07, 6.45) is 4.19. The average molecular weight is 259 g/mol. The summed E-state index contributed by atoms with van der Waals surface area (Å²) in [4.78, 5) is 12.7. The number of carboxylic acids is 1. The van der Waals surface area contributed by atoms with E-state index < -0.39 is 5.97 Å². The topological polar surface area (TPSA) is 49.8 Å². The van der Waals surface area contributed by atoms with Crippen LogP contribution in [0.2, 0.25) is 0 Å². The highest BCUT2D eigenvalue weighted by molar-refractivity contribution is 7.99. The molecule has 0 amide bonds. The van der Waals surface area contributed by atoms with Gasteiger partial charge in [-0.15, -0.1) is 0 Å². The van der Waals surface area contributed by atoms with Crippen LogP contribution in [0.4, 0.5) is 0 Å². The van der Waals surface area contributed by atoms with Crippen molar-refractivity contribution >= 4 is 17.7 Å². The normalized spacial score (nSPS) is 28.5. The average Bonchev–Trinajstić information content (AvgIpc) is 2.29. The highest BCUT2D eigenvalue weighted by atomic mass is 32.2. The number of hydrogen-bond donors (Lipinski definition) is 1. The zero-order chi connectivity index (χ0) is 12.3. The second kappa shape index (κ2) is 5.59. The Labute approximate surface area is 107 Å². The molecule has 0 saturated carbocycles. The molecule has 2 fully saturated rings. The van der Waals surface area contributed by atoms with Crippen LogP contribution in [0.3, 0.4) is 0 Å². The van der Waals surface area contributed by atoms with Crippen molar-refractivity contribution in [3.05, 3.63) is 0 Å². The van der Waals surface area contributed by atoms with E-state index in [1.807, 2.05) is 23.7 Å². The third kappa shape index (κ3) is 3.36. The fraction of sp³-hybridized carbons (Fsp3) is 0.917. The molecule has 0 bridgehead atoms. The lowest BCUT2D eigenvalue weighted by Crippen LogP contribution is -2.50. The minimum Gasteiger partial charge on any atom is -0.480 e. The molecule has 0 aliphatic carbocycles. The fourth-order valence-corrected chi connectivity index (χ4v) is 4.05. The predicted octanol–water partition coefficient (Wildman–Crippen LogP) is 1.45. The Kier molecular flexibility index (Phi) is 4.33. The Morgan fingerprint density at radius 3 is 2.88 bits per heavy atom. The zero-order valence-electron chi connectivity index (χ0n) is 10.4. The smallest absolute Gasteiger partial charge is 0.317 e. The van der Waals surface area contributed by atoms with Crippen LogP contribution in [0.5, 0.6) is 0 Å². The Morgan fingerprint density at radius 2 is 2.24 bits per heavy atom. The quantitative estimate of drug-likeness (QED) is 0.831. The van der Waals surface area contributed by atoms with Gasteiger partial charge < -0.3 is 9.84 Å². The van der Waals surface area contributed by atoms with Gasteiger partial charge in [0.15, 0.2) is 0 Å². The number of likely N-dealkylation sites (N-methyl/N-ethyl adjacent to an activating group) is 1. The van der Waals surface area contributed by atoms with Crippen LogP contribution in [0.25, 0.3) is 0 Å². The van der Waals surface area contributed by atoms with Gasteiger partial charge in [0.05, 0.1) is 12.1 Å². The Bertz CT molecular complexity index is 273. The molecular weight excluding hydrogens is 238 g/mol. The van der Waals surface area contributed by atoms with E-state index in [2.05, 4.69) is 0 Å². The molecule has 98 valence electrons. The van der Waals surface area contributed by atoms with E-state index in [0.717, 1.165) is 32.3 Å². The molecular formula is C12H21NO3S. The van der Waals surface area contributed by atoms with Gasteiger partial charge in [-0.3, -0.25) is 9.69 Å². The highest BCUT2D eigenvalue weighted by Crippen LogP contribution is 2.38. The van der Waals surface area contributed by atoms with Crippen LogP contribution in [0, 0.1) is 0 Å². The van der Waals surface area contributed by atoms with Crippen LogP contribution in [0.15, 0.2) is 0 Å². The monoisotopic (exact) mass is 259 g/mol. The first-order valence-corrected chi connectivity index (χ1v) is 7.40. The molecule has 1 N–H and O–H groups in total. The summed E-state index contributed by atoms with van der Waals surface area (Å²) in [5.41, 5.74) is 0.0426. The maximum Gasteiger partial charge on any atom is 0.317 e. The van der Waals surface area contributed by atoms with E-state index in [1.54, 1.807) is 0 Å². The summed E-state index contributed by atoms with van der Waals surface area (Å²) in [6.45, 7) is 0.911. The zero-order valence-corrected chi connectivity index (χ0v) is 11.2. The minimum absolute atomic E-state index is 0.0426. The Hall–Kier alpha value is -0.260. The first kappa shape index (κ1) is 13.2. The van der Waals surface area contributed by atoms with E-state index in [9.17, 15) is 4.79 Å². The highest BCUT2D eigenvalue weighted by Gasteiger charge is 2.39. The number of hydrogen-bond acceptors (Lipinski definition) is 4. The Balaban J connectivity index is 1.93. The lowest BCUT2D eigenvalue weighted by atomic mass is 9.85. The molecule has 2 aliphatic rings. The predicted molar refractivity (Wildman–Crippen MR) is 68.5 cm³/mol. The molecule has 1 atom stereocenters. The van der Waals surface area contributed by atoms with E-state index in [1.165, 1.54) is 11.5 Å². The van der Waals surface area contributed by atoms with Crippen LogP contribution in [0.1, 0.15) is 25.7 Å². The van der Waals surface area contributed by atoms with Gasteiger partial charge in [-0.1, -0.05) is 0 Å². The van der Waals surface area contributed by atoms with E-state index in [-0.39, 0.29) is 12.1 Å². The lowest BCUT2D eigenvalue weighted by Gasteiger charge is -2.45. The van der Waals surface area contributed by atoms with Gasteiger partial charge in [-0.2, -0.15) is 11.8 Å². The number of nitrogens with zero attached hydrogens (tertiary/aromatic N) is 1. The first-order chi connectivity index (χ1) is 8.11. The summed E-state index contributed by atoms with van der Waals surface area (Å²) in [6, 6.07) is 0.364. The second-order valence-electron chi connectivity index (χ2n) is 5.10. The molecule has 0 aromatic heterocycles. The number of carboxylic acid groups (broad SMARTS) is 1. The van der Waals surface area contributed by atoms with Crippen LogP contribution >= 0.6 is 11.8 Å². The van der Waals surface area contributed by atoms with E-state index >= 15 is 0 Å². The molecule has 17 heavy (non-hydrogen) atoms. The molecule has 1 unspecified atom stereocenters. The van der Waals surface area contributed by atoms with Crippen molar-refractivity contribution in [1.82, 2.24) is 4.90 Å². The molecule has 5 heteroatoms. The van der Waals surface area contributed by atoms with Crippen molar-refractivity contribution in [3.8, 4) is 0 Å².